The van der Waals surface area contributed by atoms with Gasteiger partial charge in [-0.2, -0.15) is 0 Å². The van der Waals surface area contributed by atoms with Crippen LogP contribution in [0.2, 0.25) is 0 Å². The zero-order valence-corrected chi connectivity index (χ0v) is 8.65. The van der Waals surface area contributed by atoms with E-state index < -0.39 is 0 Å². The molecule has 0 saturated heterocycles. The average Bonchev–Trinajstić information content (AvgIpc) is 2.00. The summed E-state index contributed by atoms with van der Waals surface area (Å²) < 4.78 is 0. The molecule has 0 spiro atoms. The zero-order valence-electron chi connectivity index (χ0n) is 8.65. The van der Waals surface area contributed by atoms with Gasteiger partial charge in [-0.05, 0) is 34.1 Å². The van der Waals surface area contributed by atoms with Crippen molar-refractivity contribution in [2.75, 3.05) is 0 Å². The third kappa shape index (κ3) is 1.31. The standard InChI is InChI=1S/C13H16/c1-9-7-10-8-11(13(2,3)4)5-6-12(9)10/h5-6,8H,1,7H2,2-4H3. The molecule has 0 atom stereocenters. The number of fused-ring (bicyclic) bond motifs is 1. The van der Waals surface area contributed by atoms with Crippen LogP contribution in [0.3, 0.4) is 0 Å². The molecule has 0 N–H and O–H groups in total. The molecule has 0 radical (unpaired) electrons. The topological polar surface area (TPSA) is 0 Å². The van der Waals surface area contributed by atoms with Crippen LogP contribution in [0.25, 0.3) is 5.57 Å². The van der Waals surface area contributed by atoms with Crippen molar-refractivity contribution in [2.24, 2.45) is 0 Å². The molecule has 2 rings (SSSR count). The molecule has 1 aromatic carbocycles. The first kappa shape index (κ1) is 8.55. The Morgan fingerprint density at radius 3 is 2.38 bits per heavy atom. The van der Waals surface area contributed by atoms with Crippen molar-refractivity contribution in [3.8, 4) is 0 Å². The summed E-state index contributed by atoms with van der Waals surface area (Å²) in [6.45, 7) is 10.8. The van der Waals surface area contributed by atoms with Crippen molar-refractivity contribution in [1.29, 1.82) is 0 Å². The van der Waals surface area contributed by atoms with Gasteiger partial charge in [0.05, 0.1) is 0 Å². The monoisotopic (exact) mass is 172 g/mol. The second-order valence-corrected chi connectivity index (χ2v) is 4.90. The lowest BCUT2D eigenvalue weighted by molar-refractivity contribution is 0.589. The maximum Gasteiger partial charge on any atom is -0.00195 e. The highest BCUT2D eigenvalue weighted by molar-refractivity contribution is 5.78. The second kappa shape index (κ2) is 2.47. The van der Waals surface area contributed by atoms with Gasteiger partial charge in [-0.15, -0.1) is 0 Å². The maximum absolute atomic E-state index is 3.99. The van der Waals surface area contributed by atoms with Gasteiger partial charge < -0.3 is 0 Å². The molecular weight excluding hydrogens is 156 g/mol. The van der Waals surface area contributed by atoms with Crippen molar-refractivity contribution < 1.29 is 0 Å². The molecule has 13 heavy (non-hydrogen) atoms. The van der Waals surface area contributed by atoms with Crippen LogP contribution >= 0.6 is 0 Å². The lowest BCUT2D eigenvalue weighted by Crippen LogP contribution is -2.14. The zero-order chi connectivity index (χ0) is 9.64. The summed E-state index contributed by atoms with van der Waals surface area (Å²) in [5.41, 5.74) is 5.83. The number of allylic oxidation sites excluding steroid dienone is 1. The van der Waals surface area contributed by atoms with Gasteiger partial charge in [0, 0.05) is 0 Å². The summed E-state index contributed by atoms with van der Waals surface area (Å²) in [6, 6.07) is 6.76. The highest BCUT2D eigenvalue weighted by Gasteiger charge is 2.21. The minimum atomic E-state index is 0.270. The summed E-state index contributed by atoms with van der Waals surface area (Å²) in [6.07, 6.45) is 1.08. The van der Waals surface area contributed by atoms with E-state index in [1.54, 1.807) is 0 Å². The minimum Gasteiger partial charge on any atom is -0.0949 e. The van der Waals surface area contributed by atoms with Crippen molar-refractivity contribution in [2.45, 2.75) is 32.6 Å². The summed E-state index contributed by atoms with van der Waals surface area (Å²) >= 11 is 0. The van der Waals surface area contributed by atoms with Crippen LogP contribution in [0.4, 0.5) is 0 Å². The third-order valence-corrected chi connectivity index (χ3v) is 2.76. The summed E-state index contributed by atoms with van der Waals surface area (Å²) in [5, 5.41) is 0. The molecule has 1 aromatic rings. The van der Waals surface area contributed by atoms with Crippen LogP contribution in [-0.4, -0.2) is 0 Å². The van der Waals surface area contributed by atoms with E-state index in [0.717, 1.165) is 6.42 Å². The Balaban J connectivity index is 2.44. The van der Waals surface area contributed by atoms with Gasteiger partial charge in [0.1, 0.15) is 0 Å². The van der Waals surface area contributed by atoms with Crippen molar-refractivity contribution in [3.05, 3.63) is 41.5 Å². The summed E-state index contributed by atoms with van der Waals surface area (Å²) in [4.78, 5) is 0. The van der Waals surface area contributed by atoms with Gasteiger partial charge >= 0.3 is 0 Å². The Morgan fingerprint density at radius 2 is 1.92 bits per heavy atom. The predicted octanol–water partition coefficient (Wildman–Crippen LogP) is 3.55. The van der Waals surface area contributed by atoms with Crippen molar-refractivity contribution in [1.82, 2.24) is 0 Å². The quantitative estimate of drug-likeness (QED) is 0.561. The van der Waals surface area contributed by atoms with Gasteiger partial charge in [0.15, 0.2) is 0 Å². The first-order valence-corrected chi connectivity index (χ1v) is 4.80. The second-order valence-electron chi connectivity index (χ2n) is 4.90. The number of hydrogen-bond donors (Lipinski definition) is 0. The summed E-state index contributed by atoms with van der Waals surface area (Å²) in [7, 11) is 0. The van der Waals surface area contributed by atoms with E-state index in [2.05, 4.69) is 45.5 Å². The largest absolute Gasteiger partial charge is 0.0949 e. The predicted molar refractivity (Wildman–Crippen MR) is 57.9 cm³/mol. The molecule has 68 valence electrons. The Hall–Kier alpha value is -1.04. The third-order valence-electron chi connectivity index (χ3n) is 2.76. The van der Waals surface area contributed by atoms with Crippen molar-refractivity contribution in [3.63, 3.8) is 0 Å². The van der Waals surface area contributed by atoms with E-state index in [-0.39, 0.29) is 5.41 Å². The van der Waals surface area contributed by atoms with Gasteiger partial charge in [-0.25, -0.2) is 0 Å². The van der Waals surface area contributed by atoms with Gasteiger partial charge in [0.25, 0.3) is 0 Å². The molecule has 0 unspecified atom stereocenters. The van der Waals surface area contributed by atoms with Gasteiger partial charge in [-0.1, -0.05) is 45.5 Å². The van der Waals surface area contributed by atoms with Gasteiger partial charge in [-0.3, -0.25) is 0 Å². The molecule has 1 aliphatic carbocycles. The number of hydrogen-bond acceptors (Lipinski definition) is 0. The Kier molecular flexibility index (Phi) is 1.63. The Morgan fingerprint density at radius 1 is 1.23 bits per heavy atom. The fourth-order valence-corrected chi connectivity index (χ4v) is 1.77. The van der Waals surface area contributed by atoms with E-state index in [0.29, 0.717) is 0 Å². The maximum atomic E-state index is 3.99. The molecule has 0 bridgehead atoms. The lowest BCUT2D eigenvalue weighted by atomic mass is 9.78. The van der Waals surface area contributed by atoms with Crippen LogP contribution in [0.1, 0.15) is 37.5 Å². The highest BCUT2D eigenvalue weighted by atomic mass is 14.3. The Labute approximate surface area is 80.3 Å². The van der Waals surface area contributed by atoms with E-state index >= 15 is 0 Å². The highest BCUT2D eigenvalue weighted by Crippen LogP contribution is 2.35. The normalized spacial score (nSPS) is 15.2. The van der Waals surface area contributed by atoms with Crippen LogP contribution < -0.4 is 0 Å². The van der Waals surface area contributed by atoms with Crippen LogP contribution in [0, 0.1) is 0 Å². The lowest BCUT2D eigenvalue weighted by Gasteiger charge is -2.26. The Bertz CT molecular complexity index is 364. The molecular formula is C13H16. The molecule has 0 nitrogen and oxygen atoms in total. The van der Waals surface area contributed by atoms with Crippen LogP contribution in [0.5, 0.6) is 0 Å². The fourth-order valence-electron chi connectivity index (χ4n) is 1.77. The van der Waals surface area contributed by atoms with Crippen molar-refractivity contribution >= 4 is 5.57 Å². The molecule has 0 heterocycles. The molecule has 1 aliphatic rings. The number of rotatable bonds is 0. The number of benzene rings is 1. The van der Waals surface area contributed by atoms with E-state index in [4.69, 9.17) is 0 Å². The minimum absolute atomic E-state index is 0.270. The van der Waals surface area contributed by atoms with Crippen LogP contribution in [0.15, 0.2) is 24.8 Å². The average molecular weight is 172 g/mol. The van der Waals surface area contributed by atoms with E-state index in [9.17, 15) is 0 Å². The van der Waals surface area contributed by atoms with E-state index in [1.165, 1.54) is 22.3 Å². The first-order valence-electron chi connectivity index (χ1n) is 4.80. The van der Waals surface area contributed by atoms with Gasteiger partial charge in [0.2, 0.25) is 0 Å². The molecule has 0 saturated carbocycles. The first-order chi connectivity index (χ1) is 5.98. The summed E-state index contributed by atoms with van der Waals surface area (Å²) in [5.74, 6) is 0. The molecule has 0 aromatic heterocycles. The smallest absolute Gasteiger partial charge is 0.00195 e. The molecule has 0 amide bonds. The fraction of sp³-hybridized carbons (Fsp3) is 0.385. The molecule has 0 aliphatic heterocycles. The SMILES string of the molecule is C=C1Cc2cc(C(C)(C)C)ccc21. The molecule has 0 fully saturated rings. The van der Waals surface area contributed by atoms with Crippen LogP contribution in [-0.2, 0) is 11.8 Å². The van der Waals surface area contributed by atoms with E-state index in [1.807, 2.05) is 0 Å². The molecule has 0 heteroatoms.